The van der Waals surface area contributed by atoms with Crippen molar-refractivity contribution in [2.45, 2.75) is 12.0 Å². The fourth-order valence-electron chi connectivity index (χ4n) is 1.74. The van der Waals surface area contributed by atoms with E-state index in [-0.39, 0.29) is 5.78 Å². The molecule has 0 heterocycles. The van der Waals surface area contributed by atoms with Crippen LogP contribution in [0.25, 0.3) is 0 Å². The lowest BCUT2D eigenvalue weighted by Crippen LogP contribution is -2.46. The third kappa shape index (κ3) is 2.08. The standard InChI is InChI=1S/C13H12ClNO/c14-11-7-4-8-13(15,9-11)12(16)10-5-2-1-3-6-10/h1-7,9H,8,15H2. The van der Waals surface area contributed by atoms with Crippen LogP contribution in [0.4, 0.5) is 0 Å². The molecule has 16 heavy (non-hydrogen) atoms. The molecule has 1 atom stereocenters. The lowest BCUT2D eigenvalue weighted by molar-refractivity contribution is 0.0921. The Morgan fingerprint density at radius 3 is 2.62 bits per heavy atom. The average molecular weight is 234 g/mol. The average Bonchev–Trinajstić information content (AvgIpc) is 2.29. The first-order chi connectivity index (χ1) is 7.62. The van der Waals surface area contributed by atoms with Gasteiger partial charge in [0.15, 0.2) is 5.78 Å². The van der Waals surface area contributed by atoms with Crippen LogP contribution in [0.1, 0.15) is 16.8 Å². The summed E-state index contributed by atoms with van der Waals surface area (Å²) in [5, 5.41) is 0.512. The van der Waals surface area contributed by atoms with Gasteiger partial charge >= 0.3 is 0 Å². The van der Waals surface area contributed by atoms with E-state index in [2.05, 4.69) is 0 Å². The molecule has 2 nitrogen and oxygen atoms in total. The number of ketones is 1. The van der Waals surface area contributed by atoms with Gasteiger partial charge in [0.05, 0.1) is 0 Å². The maximum Gasteiger partial charge on any atom is 0.186 e. The van der Waals surface area contributed by atoms with Crippen LogP contribution in [-0.2, 0) is 0 Å². The maximum absolute atomic E-state index is 12.2. The lowest BCUT2D eigenvalue weighted by atomic mass is 9.84. The third-order valence-electron chi connectivity index (χ3n) is 2.59. The van der Waals surface area contributed by atoms with Gasteiger partial charge in [-0.25, -0.2) is 0 Å². The third-order valence-corrected chi connectivity index (χ3v) is 2.82. The lowest BCUT2D eigenvalue weighted by Gasteiger charge is -2.25. The molecule has 0 amide bonds. The summed E-state index contributed by atoms with van der Waals surface area (Å²) in [4.78, 5) is 12.2. The first kappa shape index (κ1) is 11.1. The molecule has 1 unspecified atom stereocenters. The Morgan fingerprint density at radius 1 is 1.31 bits per heavy atom. The van der Waals surface area contributed by atoms with Crippen molar-refractivity contribution in [3.8, 4) is 0 Å². The van der Waals surface area contributed by atoms with Crippen molar-refractivity contribution in [2.24, 2.45) is 5.73 Å². The predicted octanol–water partition coefficient (Wildman–Crippen LogP) is 2.65. The van der Waals surface area contributed by atoms with Crippen LogP contribution in [0.3, 0.4) is 0 Å². The zero-order valence-electron chi connectivity index (χ0n) is 8.69. The number of Topliss-reactive ketones (excluding diaryl/α,β-unsaturated/α-hetero) is 1. The summed E-state index contributed by atoms with van der Waals surface area (Å²) in [5.74, 6) is -0.101. The van der Waals surface area contributed by atoms with E-state index in [0.717, 1.165) is 0 Å². The topological polar surface area (TPSA) is 43.1 Å². The van der Waals surface area contributed by atoms with Gasteiger partial charge < -0.3 is 5.73 Å². The van der Waals surface area contributed by atoms with Crippen LogP contribution >= 0.6 is 11.6 Å². The molecular formula is C13H12ClNO. The Kier molecular flexibility index (Phi) is 2.95. The van der Waals surface area contributed by atoms with E-state index in [0.29, 0.717) is 17.0 Å². The maximum atomic E-state index is 12.2. The van der Waals surface area contributed by atoms with Gasteiger partial charge in [-0.3, -0.25) is 4.79 Å². The highest BCUT2D eigenvalue weighted by Gasteiger charge is 2.32. The van der Waals surface area contributed by atoms with E-state index in [1.54, 1.807) is 24.3 Å². The molecule has 3 heteroatoms. The van der Waals surface area contributed by atoms with E-state index < -0.39 is 5.54 Å². The minimum atomic E-state index is -1.01. The molecule has 0 saturated heterocycles. The summed E-state index contributed by atoms with van der Waals surface area (Å²) in [6.45, 7) is 0. The number of halogens is 1. The van der Waals surface area contributed by atoms with E-state index >= 15 is 0 Å². The zero-order valence-corrected chi connectivity index (χ0v) is 9.45. The molecular weight excluding hydrogens is 222 g/mol. The van der Waals surface area contributed by atoms with Gasteiger partial charge in [-0.15, -0.1) is 0 Å². The molecule has 2 N–H and O–H groups in total. The number of nitrogens with two attached hydrogens (primary N) is 1. The Labute approximate surface area is 99.4 Å². The highest BCUT2D eigenvalue weighted by molar-refractivity contribution is 6.31. The monoisotopic (exact) mass is 233 g/mol. The molecule has 1 aliphatic carbocycles. The number of allylic oxidation sites excluding steroid dienone is 2. The van der Waals surface area contributed by atoms with Crippen molar-refractivity contribution in [2.75, 3.05) is 0 Å². The second-order valence-corrected chi connectivity index (χ2v) is 4.31. The number of carbonyl (C=O) groups is 1. The molecule has 0 saturated carbocycles. The van der Waals surface area contributed by atoms with Crippen molar-refractivity contribution < 1.29 is 4.79 Å². The normalized spacial score (nSPS) is 24.0. The van der Waals surface area contributed by atoms with Crippen LogP contribution in [0, 0.1) is 0 Å². The highest BCUT2D eigenvalue weighted by atomic mass is 35.5. The fourth-order valence-corrected chi connectivity index (χ4v) is 2.02. The summed E-state index contributed by atoms with van der Waals surface area (Å²) < 4.78 is 0. The van der Waals surface area contributed by atoms with Crippen molar-refractivity contribution in [3.63, 3.8) is 0 Å². The Bertz CT molecular complexity index is 464. The van der Waals surface area contributed by atoms with Crippen LogP contribution < -0.4 is 5.73 Å². The predicted molar refractivity (Wildman–Crippen MR) is 65.4 cm³/mol. The van der Waals surface area contributed by atoms with Gasteiger partial charge in [-0.05, 0) is 18.6 Å². The molecule has 1 aromatic rings. The number of carbonyl (C=O) groups excluding carboxylic acids is 1. The first-order valence-corrected chi connectivity index (χ1v) is 5.43. The minimum Gasteiger partial charge on any atom is -0.315 e. The second kappa shape index (κ2) is 4.24. The molecule has 1 aromatic carbocycles. The quantitative estimate of drug-likeness (QED) is 0.798. The summed E-state index contributed by atoms with van der Waals surface area (Å²) >= 11 is 5.87. The molecule has 82 valence electrons. The molecule has 0 radical (unpaired) electrons. The molecule has 0 spiro atoms. The van der Waals surface area contributed by atoms with E-state index in [9.17, 15) is 4.79 Å². The SMILES string of the molecule is NC1(C(=O)c2ccccc2)C=C(Cl)C=CC1. The number of rotatable bonds is 2. The van der Waals surface area contributed by atoms with Crippen LogP contribution in [-0.4, -0.2) is 11.3 Å². The van der Waals surface area contributed by atoms with Gasteiger partial charge in [0, 0.05) is 10.6 Å². The van der Waals surface area contributed by atoms with Gasteiger partial charge in [0.2, 0.25) is 0 Å². The smallest absolute Gasteiger partial charge is 0.186 e. The van der Waals surface area contributed by atoms with Crippen LogP contribution in [0.15, 0.2) is 53.6 Å². The summed E-state index contributed by atoms with van der Waals surface area (Å²) in [6.07, 6.45) is 5.68. The molecule has 0 aliphatic heterocycles. The largest absolute Gasteiger partial charge is 0.315 e. The van der Waals surface area contributed by atoms with Gasteiger partial charge in [0.1, 0.15) is 5.54 Å². The van der Waals surface area contributed by atoms with Crippen LogP contribution in [0.2, 0.25) is 0 Å². The summed E-state index contributed by atoms with van der Waals surface area (Å²) in [7, 11) is 0. The molecule has 2 rings (SSSR count). The Morgan fingerprint density at radius 2 is 2.00 bits per heavy atom. The van der Waals surface area contributed by atoms with Crippen molar-refractivity contribution in [1.82, 2.24) is 0 Å². The fraction of sp³-hybridized carbons (Fsp3) is 0.154. The number of hydrogen-bond donors (Lipinski definition) is 1. The summed E-state index contributed by atoms with van der Waals surface area (Å²) in [5.41, 5.74) is 5.67. The number of benzene rings is 1. The van der Waals surface area contributed by atoms with E-state index in [1.165, 1.54) is 0 Å². The number of hydrogen-bond acceptors (Lipinski definition) is 2. The van der Waals surface area contributed by atoms with E-state index in [4.69, 9.17) is 17.3 Å². The molecule has 1 aliphatic rings. The molecule has 0 fully saturated rings. The van der Waals surface area contributed by atoms with Crippen molar-refractivity contribution in [3.05, 3.63) is 59.2 Å². The summed E-state index contributed by atoms with van der Waals surface area (Å²) in [6, 6.07) is 9.03. The van der Waals surface area contributed by atoms with Crippen molar-refractivity contribution >= 4 is 17.4 Å². The molecule has 0 aromatic heterocycles. The highest BCUT2D eigenvalue weighted by Crippen LogP contribution is 2.24. The van der Waals surface area contributed by atoms with Gasteiger partial charge in [0.25, 0.3) is 0 Å². The first-order valence-electron chi connectivity index (χ1n) is 5.05. The second-order valence-electron chi connectivity index (χ2n) is 3.87. The Hall–Kier alpha value is -1.38. The Balaban J connectivity index is 2.33. The van der Waals surface area contributed by atoms with Gasteiger partial charge in [-0.1, -0.05) is 48.0 Å². The zero-order chi connectivity index (χ0) is 11.6. The van der Waals surface area contributed by atoms with Crippen LogP contribution in [0.5, 0.6) is 0 Å². The molecule has 0 bridgehead atoms. The van der Waals surface area contributed by atoms with Crippen molar-refractivity contribution in [1.29, 1.82) is 0 Å². The minimum absolute atomic E-state index is 0.101. The van der Waals surface area contributed by atoms with Gasteiger partial charge in [-0.2, -0.15) is 0 Å². The van der Waals surface area contributed by atoms with E-state index in [1.807, 2.05) is 24.3 Å².